The number of aromatic hydroxyl groups is 1. The van der Waals surface area contributed by atoms with Crippen molar-refractivity contribution in [2.24, 2.45) is 0 Å². The van der Waals surface area contributed by atoms with Crippen molar-refractivity contribution in [3.63, 3.8) is 0 Å². The van der Waals surface area contributed by atoms with Crippen LogP contribution in [0.4, 0.5) is 5.69 Å². The number of anilines is 1. The van der Waals surface area contributed by atoms with E-state index in [-0.39, 0.29) is 5.75 Å². The van der Waals surface area contributed by atoms with E-state index in [2.05, 4.69) is 36.2 Å². The second-order valence-corrected chi connectivity index (χ2v) is 5.62. The van der Waals surface area contributed by atoms with E-state index in [1.807, 2.05) is 6.07 Å². The smallest absolute Gasteiger partial charge is 0.156 e. The molecule has 0 aliphatic heterocycles. The molecule has 0 saturated carbocycles. The normalized spacial score (nSPS) is 10.8. The lowest BCUT2D eigenvalue weighted by atomic mass is 10.2. The van der Waals surface area contributed by atoms with Gasteiger partial charge in [0, 0.05) is 30.2 Å². The van der Waals surface area contributed by atoms with Crippen LogP contribution in [0.3, 0.4) is 0 Å². The molecule has 3 rings (SSSR count). The van der Waals surface area contributed by atoms with Crippen molar-refractivity contribution in [3.05, 3.63) is 52.0 Å². The standard InChI is InChI=1S/C14H10BrClN4O/c15-9-6-17-7-13(14(9)21)20-5-8-3-11-12(4-10(8)16)19-2-1-18-11/h1-4,6-7,20H,5H2,(H,17,21). The SMILES string of the molecule is Oc1c(Br)cncc1NCc1cc2nccnc2cc1Cl. The molecule has 5 nitrogen and oxygen atoms in total. The van der Waals surface area contributed by atoms with Gasteiger partial charge in [0.25, 0.3) is 0 Å². The van der Waals surface area contributed by atoms with Gasteiger partial charge < -0.3 is 10.4 Å². The van der Waals surface area contributed by atoms with Crippen molar-refractivity contribution in [2.75, 3.05) is 5.32 Å². The Balaban J connectivity index is 1.88. The molecular weight excluding hydrogens is 356 g/mol. The lowest BCUT2D eigenvalue weighted by Crippen LogP contribution is -2.01. The van der Waals surface area contributed by atoms with Gasteiger partial charge >= 0.3 is 0 Å². The van der Waals surface area contributed by atoms with Gasteiger partial charge in [-0.1, -0.05) is 11.6 Å². The lowest BCUT2D eigenvalue weighted by molar-refractivity contribution is 0.473. The molecule has 1 aromatic carbocycles. The van der Waals surface area contributed by atoms with E-state index in [1.165, 1.54) is 6.20 Å². The van der Waals surface area contributed by atoms with Gasteiger partial charge in [0.2, 0.25) is 0 Å². The first-order valence-electron chi connectivity index (χ1n) is 6.10. The van der Waals surface area contributed by atoms with Gasteiger partial charge in [0.1, 0.15) is 0 Å². The molecule has 21 heavy (non-hydrogen) atoms. The topological polar surface area (TPSA) is 70.9 Å². The van der Waals surface area contributed by atoms with E-state index < -0.39 is 0 Å². The number of rotatable bonds is 3. The number of nitrogens with one attached hydrogen (secondary N) is 1. The van der Waals surface area contributed by atoms with Gasteiger partial charge in [-0.2, -0.15) is 0 Å². The Morgan fingerprint density at radius 2 is 1.86 bits per heavy atom. The predicted molar refractivity (Wildman–Crippen MR) is 85.5 cm³/mol. The molecule has 2 heterocycles. The van der Waals surface area contributed by atoms with Crippen LogP contribution >= 0.6 is 27.5 Å². The first kappa shape index (κ1) is 14.0. The van der Waals surface area contributed by atoms with Gasteiger partial charge in [-0.05, 0) is 33.6 Å². The van der Waals surface area contributed by atoms with Gasteiger partial charge in [-0.25, -0.2) is 0 Å². The number of benzene rings is 1. The van der Waals surface area contributed by atoms with Crippen molar-refractivity contribution in [2.45, 2.75) is 6.54 Å². The molecule has 2 N–H and O–H groups in total. The summed E-state index contributed by atoms with van der Waals surface area (Å²) in [6, 6.07) is 3.65. The van der Waals surface area contributed by atoms with Crippen molar-refractivity contribution in [1.82, 2.24) is 15.0 Å². The van der Waals surface area contributed by atoms with Gasteiger partial charge in [0.15, 0.2) is 5.75 Å². The zero-order chi connectivity index (χ0) is 14.8. The van der Waals surface area contributed by atoms with Crippen LogP contribution < -0.4 is 5.32 Å². The van der Waals surface area contributed by atoms with Gasteiger partial charge in [0.05, 0.1) is 27.4 Å². The number of halogens is 2. The van der Waals surface area contributed by atoms with Crippen molar-refractivity contribution >= 4 is 44.3 Å². The Bertz CT molecular complexity index is 812. The molecule has 0 saturated heterocycles. The second-order valence-electron chi connectivity index (χ2n) is 4.36. The number of hydrogen-bond acceptors (Lipinski definition) is 5. The predicted octanol–water partition coefficient (Wildman–Crippen LogP) is 3.76. The molecular formula is C14H10BrClN4O. The highest BCUT2D eigenvalue weighted by molar-refractivity contribution is 9.10. The third-order valence-corrected chi connectivity index (χ3v) is 3.91. The largest absolute Gasteiger partial charge is 0.505 e. The molecule has 0 bridgehead atoms. The Hall–Kier alpha value is -1.92. The maximum atomic E-state index is 9.91. The van der Waals surface area contributed by atoms with Crippen LogP contribution in [0.1, 0.15) is 5.56 Å². The van der Waals surface area contributed by atoms with Gasteiger partial charge in [-0.15, -0.1) is 0 Å². The highest BCUT2D eigenvalue weighted by Gasteiger charge is 2.08. The van der Waals surface area contributed by atoms with Crippen LogP contribution in [0, 0.1) is 0 Å². The Kier molecular flexibility index (Phi) is 3.90. The van der Waals surface area contributed by atoms with E-state index in [4.69, 9.17) is 11.6 Å². The average Bonchev–Trinajstić information content (AvgIpc) is 2.49. The lowest BCUT2D eigenvalue weighted by Gasteiger charge is -2.10. The summed E-state index contributed by atoms with van der Waals surface area (Å²) in [4.78, 5) is 12.5. The second kappa shape index (κ2) is 5.83. The third-order valence-electron chi connectivity index (χ3n) is 2.98. The fourth-order valence-corrected chi connectivity index (χ4v) is 2.47. The minimum absolute atomic E-state index is 0.113. The number of aromatic nitrogens is 3. The fourth-order valence-electron chi connectivity index (χ4n) is 1.91. The van der Waals surface area contributed by atoms with Crippen LogP contribution in [0.2, 0.25) is 5.02 Å². The van der Waals surface area contributed by atoms with E-state index in [0.29, 0.717) is 21.7 Å². The summed E-state index contributed by atoms with van der Waals surface area (Å²) in [6.45, 7) is 0.442. The molecule has 3 aromatic rings. The maximum absolute atomic E-state index is 9.91. The number of nitrogens with zero attached hydrogens (tertiary/aromatic N) is 3. The third kappa shape index (κ3) is 2.91. The summed E-state index contributed by atoms with van der Waals surface area (Å²) in [5.74, 6) is 0.113. The van der Waals surface area contributed by atoms with Crippen molar-refractivity contribution in [1.29, 1.82) is 0 Å². The molecule has 106 valence electrons. The van der Waals surface area contributed by atoms with Crippen LogP contribution in [0.5, 0.6) is 5.75 Å². The van der Waals surface area contributed by atoms with E-state index in [0.717, 1.165) is 16.6 Å². The zero-order valence-corrected chi connectivity index (χ0v) is 13.1. The quantitative estimate of drug-likeness (QED) is 0.739. The van der Waals surface area contributed by atoms with Crippen molar-refractivity contribution < 1.29 is 5.11 Å². The monoisotopic (exact) mass is 364 g/mol. The minimum atomic E-state index is 0.113. The van der Waals surface area contributed by atoms with Crippen LogP contribution in [0.15, 0.2) is 41.4 Å². The Labute approximate surface area is 134 Å². The molecule has 0 radical (unpaired) electrons. The number of fused-ring (bicyclic) bond motifs is 1. The summed E-state index contributed by atoms with van der Waals surface area (Å²) in [6.07, 6.45) is 6.34. The van der Waals surface area contributed by atoms with Crippen LogP contribution in [0.25, 0.3) is 11.0 Å². The molecule has 0 aliphatic carbocycles. The highest BCUT2D eigenvalue weighted by atomic mass is 79.9. The summed E-state index contributed by atoms with van der Waals surface area (Å²) in [7, 11) is 0. The summed E-state index contributed by atoms with van der Waals surface area (Å²) in [5.41, 5.74) is 2.91. The number of pyridine rings is 1. The van der Waals surface area contributed by atoms with E-state index in [1.54, 1.807) is 24.7 Å². The zero-order valence-electron chi connectivity index (χ0n) is 10.7. The molecule has 0 amide bonds. The molecule has 7 heteroatoms. The molecule has 2 aromatic heterocycles. The average molecular weight is 366 g/mol. The molecule has 0 aliphatic rings. The summed E-state index contributed by atoms with van der Waals surface area (Å²) in [5, 5.41) is 13.6. The first-order chi connectivity index (χ1) is 10.1. The molecule has 0 spiro atoms. The molecule has 0 fully saturated rings. The number of hydrogen-bond donors (Lipinski definition) is 2. The van der Waals surface area contributed by atoms with Crippen molar-refractivity contribution in [3.8, 4) is 5.75 Å². The Morgan fingerprint density at radius 1 is 1.14 bits per heavy atom. The fraction of sp³-hybridized carbons (Fsp3) is 0.0714. The van der Waals surface area contributed by atoms with Crippen LogP contribution in [-0.2, 0) is 6.54 Å². The molecule has 0 atom stereocenters. The van der Waals surface area contributed by atoms with Gasteiger partial charge in [-0.3, -0.25) is 15.0 Å². The first-order valence-corrected chi connectivity index (χ1v) is 7.28. The highest BCUT2D eigenvalue weighted by Crippen LogP contribution is 2.31. The van der Waals surface area contributed by atoms with E-state index >= 15 is 0 Å². The molecule has 0 unspecified atom stereocenters. The minimum Gasteiger partial charge on any atom is -0.505 e. The van der Waals surface area contributed by atoms with E-state index in [9.17, 15) is 5.11 Å². The maximum Gasteiger partial charge on any atom is 0.156 e. The van der Waals surface area contributed by atoms with Crippen LogP contribution in [-0.4, -0.2) is 20.1 Å². The Morgan fingerprint density at radius 3 is 2.62 bits per heavy atom. The summed E-state index contributed by atoms with van der Waals surface area (Å²) >= 11 is 9.47. The summed E-state index contributed by atoms with van der Waals surface area (Å²) < 4.78 is 0.531.